The van der Waals surface area contributed by atoms with Crippen molar-refractivity contribution in [2.75, 3.05) is 12.4 Å². The van der Waals surface area contributed by atoms with E-state index in [1.54, 1.807) is 19.2 Å². The molecule has 7 heteroatoms. The zero-order valence-corrected chi connectivity index (χ0v) is 17.1. The molecule has 0 bridgehead atoms. The third-order valence-corrected chi connectivity index (χ3v) is 5.17. The van der Waals surface area contributed by atoms with Gasteiger partial charge in [-0.05, 0) is 49.4 Å². The van der Waals surface area contributed by atoms with Gasteiger partial charge in [0.2, 0.25) is 0 Å². The minimum Gasteiger partial charge on any atom is -0.496 e. The second-order valence-corrected chi connectivity index (χ2v) is 7.21. The van der Waals surface area contributed by atoms with Crippen molar-refractivity contribution in [3.05, 3.63) is 64.6 Å². The lowest BCUT2D eigenvalue weighted by atomic mass is 10.2. The number of benzene rings is 2. The van der Waals surface area contributed by atoms with E-state index in [0.717, 1.165) is 39.1 Å². The topological polar surface area (TPSA) is 71.9 Å². The summed E-state index contributed by atoms with van der Waals surface area (Å²) >= 11 is 3.37. The Morgan fingerprint density at radius 2 is 2.00 bits per heavy atom. The van der Waals surface area contributed by atoms with E-state index >= 15 is 0 Å². The molecule has 4 rings (SSSR count). The molecule has 0 aliphatic heterocycles. The molecule has 2 N–H and O–H groups in total. The summed E-state index contributed by atoms with van der Waals surface area (Å²) in [6, 6.07) is 17.1. The van der Waals surface area contributed by atoms with Gasteiger partial charge in [-0.3, -0.25) is 9.89 Å². The number of halogens is 1. The number of rotatable bonds is 5. The minimum atomic E-state index is -0.205. The number of aromatic nitrogens is 3. The molecule has 0 aliphatic carbocycles. The molecule has 0 saturated heterocycles. The summed E-state index contributed by atoms with van der Waals surface area (Å²) in [7, 11) is 1.67. The summed E-state index contributed by atoms with van der Waals surface area (Å²) in [5.74, 6) is 1.10. The molecule has 4 aromatic rings. The van der Waals surface area contributed by atoms with Crippen LogP contribution in [0, 0.1) is 0 Å². The van der Waals surface area contributed by atoms with Gasteiger partial charge in [-0.1, -0.05) is 22.0 Å². The first-order chi connectivity index (χ1) is 13.6. The molecule has 0 spiro atoms. The van der Waals surface area contributed by atoms with E-state index in [9.17, 15) is 4.79 Å². The number of amides is 1. The van der Waals surface area contributed by atoms with Crippen LogP contribution in [0.25, 0.3) is 22.3 Å². The highest BCUT2D eigenvalue weighted by atomic mass is 79.9. The predicted octanol–water partition coefficient (Wildman–Crippen LogP) is 5.07. The number of fused-ring (bicyclic) bond motifs is 1. The number of carbonyl (C=O) groups is 1. The lowest BCUT2D eigenvalue weighted by molar-refractivity contribution is 0.102. The summed E-state index contributed by atoms with van der Waals surface area (Å²) in [6.07, 6.45) is 0. The molecule has 28 heavy (non-hydrogen) atoms. The summed E-state index contributed by atoms with van der Waals surface area (Å²) in [5.41, 5.74) is 3.47. The Bertz CT molecular complexity index is 1150. The first-order valence-corrected chi connectivity index (χ1v) is 9.69. The molecule has 0 saturated carbocycles. The molecule has 142 valence electrons. The molecule has 0 atom stereocenters. The highest BCUT2D eigenvalue weighted by Gasteiger charge is 2.15. The van der Waals surface area contributed by atoms with Crippen molar-refractivity contribution >= 4 is 38.6 Å². The van der Waals surface area contributed by atoms with Gasteiger partial charge in [0, 0.05) is 28.0 Å². The number of H-pyrrole nitrogens is 1. The van der Waals surface area contributed by atoms with Crippen LogP contribution in [0.1, 0.15) is 17.3 Å². The molecule has 2 heterocycles. The van der Waals surface area contributed by atoms with Gasteiger partial charge in [-0.2, -0.15) is 5.10 Å². The fourth-order valence-electron chi connectivity index (χ4n) is 3.31. The van der Waals surface area contributed by atoms with Gasteiger partial charge >= 0.3 is 0 Å². The summed E-state index contributed by atoms with van der Waals surface area (Å²) < 4.78 is 8.60. The van der Waals surface area contributed by atoms with E-state index in [-0.39, 0.29) is 5.91 Å². The molecule has 1 amide bonds. The second-order valence-electron chi connectivity index (χ2n) is 6.29. The lowest BCUT2D eigenvalue weighted by Crippen LogP contribution is -2.11. The van der Waals surface area contributed by atoms with Gasteiger partial charge in [-0.15, -0.1) is 0 Å². The fraction of sp³-hybridized carbons (Fsp3) is 0.143. The van der Waals surface area contributed by atoms with Crippen LogP contribution in [0.3, 0.4) is 0 Å². The van der Waals surface area contributed by atoms with Crippen LogP contribution in [0.4, 0.5) is 5.82 Å². The number of hydrogen-bond acceptors (Lipinski definition) is 3. The third-order valence-electron chi connectivity index (χ3n) is 4.64. The maximum atomic E-state index is 12.4. The van der Waals surface area contributed by atoms with Crippen LogP contribution < -0.4 is 10.1 Å². The molecule has 0 radical (unpaired) electrons. The number of hydrogen-bond donors (Lipinski definition) is 2. The summed E-state index contributed by atoms with van der Waals surface area (Å²) in [4.78, 5) is 12.4. The Labute approximate surface area is 170 Å². The van der Waals surface area contributed by atoms with Crippen LogP contribution >= 0.6 is 15.9 Å². The standard InChI is InChI=1S/C21H19BrN4O2/c1-3-26-17-5-4-6-19(28-2)15(17)11-18(26)16-12-20(25-24-16)23-21(27)13-7-9-14(22)10-8-13/h4-12H,3H2,1-2H3,(H2,23,24,25,27). The van der Waals surface area contributed by atoms with Gasteiger partial charge in [-0.25, -0.2) is 0 Å². The van der Waals surface area contributed by atoms with Crippen molar-refractivity contribution in [3.8, 4) is 17.1 Å². The van der Waals surface area contributed by atoms with E-state index in [0.29, 0.717) is 11.4 Å². The average molecular weight is 439 g/mol. The first kappa shape index (κ1) is 18.3. The summed E-state index contributed by atoms with van der Waals surface area (Å²) in [5, 5.41) is 11.2. The molecule has 2 aromatic heterocycles. The van der Waals surface area contributed by atoms with Crippen LogP contribution in [0.15, 0.2) is 59.1 Å². The molecular formula is C21H19BrN4O2. The third kappa shape index (κ3) is 3.29. The zero-order valence-electron chi connectivity index (χ0n) is 15.5. The van der Waals surface area contributed by atoms with Crippen molar-refractivity contribution in [1.29, 1.82) is 0 Å². The second kappa shape index (κ2) is 7.52. The van der Waals surface area contributed by atoms with Crippen molar-refractivity contribution in [1.82, 2.24) is 14.8 Å². The SMILES string of the molecule is CCn1c(-c2cc(NC(=O)c3ccc(Br)cc3)n[nH]2)cc2c(OC)cccc21. The van der Waals surface area contributed by atoms with Crippen molar-refractivity contribution < 1.29 is 9.53 Å². The number of aryl methyl sites for hydroxylation is 1. The number of carbonyl (C=O) groups excluding carboxylic acids is 1. The maximum Gasteiger partial charge on any atom is 0.256 e. The maximum absolute atomic E-state index is 12.4. The number of anilines is 1. The van der Waals surface area contributed by atoms with Crippen LogP contribution in [-0.2, 0) is 6.54 Å². The first-order valence-electron chi connectivity index (χ1n) is 8.89. The Balaban J connectivity index is 1.66. The molecular weight excluding hydrogens is 420 g/mol. The fourth-order valence-corrected chi connectivity index (χ4v) is 3.57. The van der Waals surface area contributed by atoms with Crippen molar-refractivity contribution in [2.45, 2.75) is 13.5 Å². The Morgan fingerprint density at radius 3 is 2.71 bits per heavy atom. The molecule has 0 fully saturated rings. The normalized spacial score (nSPS) is 11.0. The Hall–Kier alpha value is -3.06. The largest absolute Gasteiger partial charge is 0.496 e. The smallest absolute Gasteiger partial charge is 0.256 e. The van der Waals surface area contributed by atoms with Gasteiger partial charge in [0.25, 0.3) is 5.91 Å². The minimum absolute atomic E-state index is 0.205. The molecule has 2 aromatic carbocycles. The van der Waals surface area contributed by atoms with Gasteiger partial charge in [0.15, 0.2) is 5.82 Å². The van der Waals surface area contributed by atoms with Gasteiger partial charge in [0.1, 0.15) is 5.75 Å². The number of nitrogens with one attached hydrogen (secondary N) is 2. The number of nitrogens with zero attached hydrogens (tertiary/aromatic N) is 2. The van der Waals surface area contributed by atoms with E-state index in [1.807, 2.05) is 30.3 Å². The van der Waals surface area contributed by atoms with Crippen LogP contribution in [-0.4, -0.2) is 27.8 Å². The molecule has 6 nitrogen and oxygen atoms in total. The molecule has 0 unspecified atom stereocenters. The number of ether oxygens (including phenoxy) is 1. The van der Waals surface area contributed by atoms with E-state index < -0.39 is 0 Å². The predicted molar refractivity (Wildman–Crippen MR) is 114 cm³/mol. The number of methoxy groups -OCH3 is 1. The van der Waals surface area contributed by atoms with Gasteiger partial charge in [0.05, 0.1) is 24.0 Å². The average Bonchev–Trinajstić information content (AvgIpc) is 3.32. The van der Waals surface area contributed by atoms with E-state index in [2.05, 4.69) is 55.1 Å². The van der Waals surface area contributed by atoms with E-state index in [4.69, 9.17) is 4.74 Å². The highest BCUT2D eigenvalue weighted by Crippen LogP contribution is 2.33. The Morgan fingerprint density at radius 1 is 1.21 bits per heavy atom. The monoisotopic (exact) mass is 438 g/mol. The number of aromatic amines is 1. The molecule has 0 aliphatic rings. The van der Waals surface area contributed by atoms with E-state index in [1.165, 1.54) is 0 Å². The zero-order chi connectivity index (χ0) is 19.7. The van der Waals surface area contributed by atoms with Crippen LogP contribution in [0.5, 0.6) is 5.75 Å². The summed E-state index contributed by atoms with van der Waals surface area (Å²) in [6.45, 7) is 2.89. The lowest BCUT2D eigenvalue weighted by Gasteiger charge is -2.06. The quantitative estimate of drug-likeness (QED) is 0.456. The van der Waals surface area contributed by atoms with Gasteiger partial charge < -0.3 is 14.6 Å². The van der Waals surface area contributed by atoms with Crippen LogP contribution in [0.2, 0.25) is 0 Å². The van der Waals surface area contributed by atoms with Crippen molar-refractivity contribution in [2.24, 2.45) is 0 Å². The van der Waals surface area contributed by atoms with Crippen molar-refractivity contribution in [3.63, 3.8) is 0 Å². The Kier molecular flexibility index (Phi) is 4.92. The highest BCUT2D eigenvalue weighted by molar-refractivity contribution is 9.10.